The first kappa shape index (κ1) is 11.2. The third kappa shape index (κ3) is 2.55. The van der Waals surface area contributed by atoms with Crippen molar-refractivity contribution in [1.29, 1.82) is 0 Å². The van der Waals surface area contributed by atoms with E-state index in [4.69, 9.17) is 0 Å². The maximum atomic E-state index is 11.6. The summed E-state index contributed by atoms with van der Waals surface area (Å²) in [4.78, 5) is 0.221. The van der Waals surface area contributed by atoms with Gasteiger partial charge in [0.1, 0.15) is 4.90 Å². The lowest BCUT2D eigenvalue weighted by molar-refractivity contribution is 0.559. The summed E-state index contributed by atoms with van der Waals surface area (Å²) in [6, 6.07) is 0. The van der Waals surface area contributed by atoms with Crippen LogP contribution in [0.15, 0.2) is 11.1 Å². The summed E-state index contributed by atoms with van der Waals surface area (Å²) in [5, 5.41) is 6.26. The van der Waals surface area contributed by atoms with E-state index in [-0.39, 0.29) is 10.8 Å². The Labute approximate surface area is 84.0 Å². The summed E-state index contributed by atoms with van der Waals surface area (Å²) >= 11 is 0. The van der Waals surface area contributed by atoms with Crippen LogP contribution >= 0.6 is 0 Å². The van der Waals surface area contributed by atoms with E-state index in [2.05, 4.69) is 14.9 Å². The molecule has 6 heteroatoms. The van der Waals surface area contributed by atoms with Crippen molar-refractivity contribution in [3.63, 3.8) is 0 Å². The van der Waals surface area contributed by atoms with Gasteiger partial charge in [-0.3, -0.25) is 5.10 Å². The standard InChI is InChI=1S/C8H15N3O2S/c1-6(2)4-10-14(12,13)8-5-9-11-7(8)3/h5-6,10H,4H2,1-3H3,(H,9,11). The van der Waals surface area contributed by atoms with Gasteiger partial charge >= 0.3 is 0 Å². The fraction of sp³-hybridized carbons (Fsp3) is 0.625. The maximum absolute atomic E-state index is 11.6. The molecule has 0 aliphatic rings. The lowest BCUT2D eigenvalue weighted by atomic mass is 10.2. The Balaban J connectivity index is 2.82. The van der Waals surface area contributed by atoms with E-state index in [1.54, 1.807) is 6.92 Å². The number of nitrogens with zero attached hydrogens (tertiary/aromatic N) is 1. The van der Waals surface area contributed by atoms with Crippen LogP contribution in [0.4, 0.5) is 0 Å². The van der Waals surface area contributed by atoms with Crippen LogP contribution in [0.1, 0.15) is 19.5 Å². The highest BCUT2D eigenvalue weighted by molar-refractivity contribution is 7.89. The first-order chi connectivity index (χ1) is 6.43. The van der Waals surface area contributed by atoms with E-state index in [0.29, 0.717) is 12.2 Å². The molecular weight excluding hydrogens is 202 g/mol. The number of H-pyrrole nitrogens is 1. The van der Waals surface area contributed by atoms with Gasteiger partial charge in [0.15, 0.2) is 0 Å². The molecule has 0 aliphatic heterocycles. The summed E-state index contributed by atoms with van der Waals surface area (Å²) in [6.45, 7) is 6.01. The number of hydrogen-bond donors (Lipinski definition) is 2. The van der Waals surface area contributed by atoms with Crippen LogP contribution in [0.5, 0.6) is 0 Å². The highest BCUT2D eigenvalue weighted by Gasteiger charge is 2.17. The molecule has 0 atom stereocenters. The lowest BCUT2D eigenvalue weighted by Gasteiger charge is -2.07. The Morgan fingerprint density at radius 2 is 2.21 bits per heavy atom. The Morgan fingerprint density at radius 1 is 1.57 bits per heavy atom. The van der Waals surface area contributed by atoms with Gasteiger partial charge in [-0.1, -0.05) is 13.8 Å². The van der Waals surface area contributed by atoms with Gasteiger partial charge in [0.25, 0.3) is 0 Å². The molecule has 1 aromatic rings. The highest BCUT2D eigenvalue weighted by atomic mass is 32.2. The summed E-state index contributed by atoms with van der Waals surface area (Å²) < 4.78 is 25.8. The molecule has 0 bridgehead atoms. The van der Waals surface area contributed by atoms with Gasteiger partial charge in [0, 0.05) is 6.54 Å². The van der Waals surface area contributed by atoms with Gasteiger partial charge in [0.2, 0.25) is 10.0 Å². The average Bonchev–Trinajstić information content (AvgIpc) is 2.48. The lowest BCUT2D eigenvalue weighted by Crippen LogP contribution is -2.27. The Morgan fingerprint density at radius 3 is 2.64 bits per heavy atom. The summed E-state index contributed by atoms with van der Waals surface area (Å²) in [5.74, 6) is 0.289. The zero-order valence-electron chi connectivity index (χ0n) is 8.53. The zero-order chi connectivity index (χ0) is 10.8. The average molecular weight is 217 g/mol. The zero-order valence-corrected chi connectivity index (χ0v) is 9.35. The number of sulfonamides is 1. The van der Waals surface area contributed by atoms with Gasteiger partial charge in [0.05, 0.1) is 11.9 Å². The normalized spacial score (nSPS) is 12.3. The van der Waals surface area contributed by atoms with Crippen LogP contribution in [0.3, 0.4) is 0 Å². The second-order valence-electron chi connectivity index (χ2n) is 3.60. The third-order valence-electron chi connectivity index (χ3n) is 1.75. The molecular formula is C8H15N3O2S. The minimum atomic E-state index is -3.39. The molecule has 0 fully saturated rings. The van der Waals surface area contributed by atoms with E-state index < -0.39 is 10.0 Å². The number of aryl methyl sites for hydroxylation is 1. The van der Waals surface area contributed by atoms with Gasteiger partial charge in [-0.2, -0.15) is 5.10 Å². The van der Waals surface area contributed by atoms with Crippen molar-refractivity contribution < 1.29 is 8.42 Å². The molecule has 0 unspecified atom stereocenters. The summed E-state index contributed by atoms with van der Waals surface area (Å²) in [5.41, 5.74) is 0.557. The molecule has 1 rings (SSSR count). The molecule has 1 aromatic heterocycles. The predicted octanol–water partition coefficient (Wildman–Crippen LogP) is 0.652. The van der Waals surface area contributed by atoms with E-state index in [9.17, 15) is 8.42 Å². The largest absolute Gasteiger partial charge is 0.281 e. The van der Waals surface area contributed by atoms with E-state index in [0.717, 1.165) is 0 Å². The predicted molar refractivity (Wildman–Crippen MR) is 53.4 cm³/mol. The molecule has 80 valence electrons. The number of aromatic amines is 1. The number of nitrogens with one attached hydrogen (secondary N) is 2. The number of aromatic nitrogens is 2. The molecule has 0 aliphatic carbocycles. The van der Waals surface area contributed by atoms with Crippen molar-refractivity contribution >= 4 is 10.0 Å². The molecule has 2 N–H and O–H groups in total. The molecule has 5 nitrogen and oxygen atoms in total. The second kappa shape index (κ2) is 4.10. The fourth-order valence-corrected chi connectivity index (χ4v) is 2.31. The third-order valence-corrected chi connectivity index (χ3v) is 3.29. The van der Waals surface area contributed by atoms with Crippen LogP contribution in [-0.2, 0) is 10.0 Å². The molecule has 0 saturated heterocycles. The molecule has 0 amide bonds. The molecule has 14 heavy (non-hydrogen) atoms. The van der Waals surface area contributed by atoms with E-state index >= 15 is 0 Å². The van der Waals surface area contributed by atoms with E-state index in [1.165, 1.54) is 6.20 Å². The number of rotatable bonds is 4. The second-order valence-corrected chi connectivity index (χ2v) is 5.34. The van der Waals surface area contributed by atoms with Gasteiger partial charge < -0.3 is 0 Å². The van der Waals surface area contributed by atoms with Gasteiger partial charge in [-0.05, 0) is 12.8 Å². The SMILES string of the molecule is Cc1[nH]ncc1S(=O)(=O)NCC(C)C. The van der Waals surface area contributed by atoms with Crippen molar-refractivity contribution in [2.75, 3.05) is 6.54 Å². The molecule has 0 saturated carbocycles. The van der Waals surface area contributed by atoms with Crippen LogP contribution in [0.25, 0.3) is 0 Å². The first-order valence-corrected chi connectivity index (χ1v) is 5.91. The smallest absolute Gasteiger partial charge is 0.243 e. The quantitative estimate of drug-likeness (QED) is 0.777. The highest BCUT2D eigenvalue weighted by Crippen LogP contribution is 2.10. The molecule has 0 spiro atoms. The first-order valence-electron chi connectivity index (χ1n) is 4.43. The van der Waals surface area contributed by atoms with Gasteiger partial charge in [-0.15, -0.1) is 0 Å². The Kier molecular flexibility index (Phi) is 3.28. The van der Waals surface area contributed by atoms with Crippen LogP contribution < -0.4 is 4.72 Å². The number of hydrogen-bond acceptors (Lipinski definition) is 3. The monoisotopic (exact) mass is 217 g/mol. The van der Waals surface area contributed by atoms with Crippen molar-refractivity contribution in [2.45, 2.75) is 25.7 Å². The minimum absolute atomic E-state index is 0.221. The summed E-state index contributed by atoms with van der Waals surface area (Å²) in [6.07, 6.45) is 1.32. The minimum Gasteiger partial charge on any atom is -0.281 e. The molecule has 0 aromatic carbocycles. The van der Waals surface area contributed by atoms with Crippen molar-refractivity contribution in [2.24, 2.45) is 5.92 Å². The Bertz CT molecular complexity index is 394. The topological polar surface area (TPSA) is 74.8 Å². The van der Waals surface area contributed by atoms with Crippen LogP contribution in [0.2, 0.25) is 0 Å². The van der Waals surface area contributed by atoms with Crippen LogP contribution in [-0.4, -0.2) is 25.2 Å². The van der Waals surface area contributed by atoms with Crippen molar-refractivity contribution in [3.8, 4) is 0 Å². The van der Waals surface area contributed by atoms with Crippen molar-refractivity contribution in [1.82, 2.24) is 14.9 Å². The van der Waals surface area contributed by atoms with Crippen molar-refractivity contribution in [3.05, 3.63) is 11.9 Å². The fourth-order valence-electron chi connectivity index (χ4n) is 0.965. The molecule has 0 radical (unpaired) electrons. The maximum Gasteiger partial charge on any atom is 0.243 e. The van der Waals surface area contributed by atoms with Crippen LogP contribution in [0, 0.1) is 12.8 Å². The molecule has 1 heterocycles. The van der Waals surface area contributed by atoms with Gasteiger partial charge in [-0.25, -0.2) is 13.1 Å². The summed E-state index contributed by atoms with van der Waals surface area (Å²) in [7, 11) is -3.39. The Hall–Kier alpha value is -0.880. The van der Waals surface area contributed by atoms with E-state index in [1.807, 2.05) is 13.8 Å².